The van der Waals surface area contributed by atoms with Crippen molar-refractivity contribution in [3.05, 3.63) is 47.7 Å². The molecule has 5 nitrogen and oxygen atoms in total. The zero-order valence-electron chi connectivity index (χ0n) is 17.3. The average molecular weight is 433 g/mol. The third-order valence-electron chi connectivity index (χ3n) is 5.76. The summed E-state index contributed by atoms with van der Waals surface area (Å²) in [5.41, 5.74) is -1.21. The number of esters is 2. The number of benzene rings is 1. The third-order valence-corrected chi connectivity index (χ3v) is 5.76. The van der Waals surface area contributed by atoms with Crippen LogP contribution < -0.4 is 0 Å². The number of fused-ring (bicyclic) bond motifs is 1. The molecule has 1 saturated carbocycles. The summed E-state index contributed by atoms with van der Waals surface area (Å²) in [6.07, 6.45) is 3.41. The van der Waals surface area contributed by atoms with Crippen molar-refractivity contribution in [2.75, 3.05) is 7.11 Å². The number of halogens is 3. The summed E-state index contributed by atoms with van der Waals surface area (Å²) in [5, 5.41) is 0.329. The van der Waals surface area contributed by atoms with Crippen LogP contribution in [0.3, 0.4) is 0 Å². The van der Waals surface area contributed by atoms with Crippen LogP contribution in [0.4, 0.5) is 13.2 Å². The Bertz CT molecular complexity index is 1090. The van der Waals surface area contributed by atoms with E-state index in [2.05, 4.69) is 10.7 Å². The number of rotatable bonds is 6. The van der Waals surface area contributed by atoms with Crippen molar-refractivity contribution in [1.29, 1.82) is 0 Å². The highest BCUT2D eigenvalue weighted by Gasteiger charge is 2.61. The molecule has 8 heteroatoms. The first kappa shape index (κ1) is 22.5. The Hall–Kier alpha value is -3.21. The lowest BCUT2D eigenvalue weighted by molar-refractivity contribution is -0.151. The molecule has 0 unspecified atom stereocenters. The number of alkyl halides is 3. The van der Waals surface area contributed by atoms with Crippen molar-refractivity contribution in [3.8, 4) is 12.3 Å². The van der Waals surface area contributed by atoms with Gasteiger partial charge in [0.1, 0.15) is 12.3 Å². The van der Waals surface area contributed by atoms with E-state index in [1.165, 1.54) is 13.2 Å². The van der Waals surface area contributed by atoms with E-state index in [0.29, 0.717) is 10.9 Å². The second-order valence-electron chi connectivity index (χ2n) is 7.95. The summed E-state index contributed by atoms with van der Waals surface area (Å²) in [4.78, 5) is 24.0. The van der Waals surface area contributed by atoms with Gasteiger partial charge in [-0.1, -0.05) is 44.0 Å². The molecule has 2 aromatic rings. The van der Waals surface area contributed by atoms with Crippen LogP contribution >= 0.6 is 0 Å². The normalized spacial score (nSPS) is 19.9. The number of allylic oxidation sites excluding steroid dienone is 1. The fraction of sp³-hybridized carbons (Fsp3) is 0.391. The number of ether oxygens (including phenoxy) is 2. The third kappa shape index (κ3) is 4.18. The summed E-state index contributed by atoms with van der Waals surface area (Å²) in [5.74, 6) is 0.238. The fourth-order valence-electron chi connectivity index (χ4n) is 4.07. The Kier molecular flexibility index (Phi) is 5.90. The van der Waals surface area contributed by atoms with Gasteiger partial charge >= 0.3 is 18.1 Å². The van der Waals surface area contributed by atoms with Gasteiger partial charge in [-0.05, 0) is 17.4 Å². The van der Waals surface area contributed by atoms with Crippen molar-refractivity contribution in [3.63, 3.8) is 0 Å². The molecule has 164 valence electrons. The first-order valence-corrected chi connectivity index (χ1v) is 9.57. The van der Waals surface area contributed by atoms with E-state index in [1.54, 1.807) is 30.3 Å². The molecular weight excluding hydrogens is 411 g/mol. The Morgan fingerprint density at radius 3 is 2.58 bits per heavy atom. The number of aromatic nitrogens is 1. The predicted molar refractivity (Wildman–Crippen MR) is 107 cm³/mol. The molecule has 1 aromatic carbocycles. The summed E-state index contributed by atoms with van der Waals surface area (Å²) in [7, 11) is 1.24. The number of carbonyl (C=O) groups excluding carboxylic acids is 2. The second-order valence-corrected chi connectivity index (χ2v) is 7.95. The van der Waals surface area contributed by atoms with Crippen LogP contribution in [0.5, 0.6) is 0 Å². The summed E-state index contributed by atoms with van der Waals surface area (Å²) in [6, 6.07) is 6.33. The molecule has 0 spiro atoms. The zero-order chi connectivity index (χ0) is 23.0. The van der Waals surface area contributed by atoms with Crippen LogP contribution in [-0.2, 0) is 38.4 Å². The number of methoxy groups -OCH3 is 1. The predicted octanol–water partition coefficient (Wildman–Crippen LogP) is 4.34. The number of terminal acetylenes is 1. The number of hydrogen-bond acceptors (Lipinski definition) is 4. The molecule has 1 aromatic heterocycles. The summed E-state index contributed by atoms with van der Waals surface area (Å²) >= 11 is 0. The van der Waals surface area contributed by atoms with Crippen LogP contribution in [0.15, 0.2) is 36.4 Å². The van der Waals surface area contributed by atoms with Gasteiger partial charge in [0.05, 0.1) is 19.6 Å². The molecule has 3 rings (SSSR count). The van der Waals surface area contributed by atoms with Crippen molar-refractivity contribution in [2.45, 2.75) is 33.2 Å². The summed E-state index contributed by atoms with van der Waals surface area (Å²) < 4.78 is 52.5. The van der Waals surface area contributed by atoms with Crippen LogP contribution in [0.25, 0.3) is 10.9 Å². The van der Waals surface area contributed by atoms with Gasteiger partial charge in [0.2, 0.25) is 0 Å². The van der Waals surface area contributed by atoms with Crippen LogP contribution in [-0.4, -0.2) is 23.6 Å². The summed E-state index contributed by atoms with van der Waals surface area (Å²) in [6.45, 7) is 2.85. The lowest BCUT2D eigenvalue weighted by Gasteiger charge is -2.13. The van der Waals surface area contributed by atoms with E-state index in [9.17, 15) is 22.8 Å². The quantitative estimate of drug-likeness (QED) is 0.386. The monoisotopic (exact) mass is 433 g/mol. The molecule has 0 N–H and O–H groups in total. The van der Waals surface area contributed by atoms with Gasteiger partial charge in [-0.15, -0.1) is 6.42 Å². The second kappa shape index (κ2) is 8.14. The van der Waals surface area contributed by atoms with E-state index in [0.717, 1.165) is 4.57 Å². The van der Waals surface area contributed by atoms with Gasteiger partial charge in [0.15, 0.2) is 0 Å². The van der Waals surface area contributed by atoms with Gasteiger partial charge in [-0.2, -0.15) is 13.2 Å². The zero-order valence-corrected chi connectivity index (χ0v) is 17.3. The minimum absolute atomic E-state index is 0.133. The van der Waals surface area contributed by atoms with Gasteiger partial charge in [0.25, 0.3) is 0 Å². The number of hydrogen-bond donors (Lipinski definition) is 0. The highest BCUT2D eigenvalue weighted by Crippen LogP contribution is 2.59. The van der Waals surface area contributed by atoms with E-state index >= 15 is 0 Å². The van der Waals surface area contributed by atoms with Crippen molar-refractivity contribution < 1.29 is 32.2 Å². The van der Waals surface area contributed by atoms with Crippen LogP contribution in [0.2, 0.25) is 0 Å². The molecule has 1 aliphatic carbocycles. The smallest absolute Gasteiger partial charge is 0.431 e. The minimum Gasteiger partial charge on any atom is -0.466 e. The van der Waals surface area contributed by atoms with Crippen molar-refractivity contribution in [2.24, 2.45) is 17.3 Å². The van der Waals surface area contributed by atoms with Gasteiger partial charge in [0, 0.05) is 22.5 Å². The van der Waals surface area contributed by atoms with E-state index in [1.807, 2.05) is 13.8 Å². The molecule has 1 fully saturated rings. The standard InChI is InChI=1S/C23H22F3NO4/c1-5-12-27-17-9-7-6-8-14(17)15(20(27)23(24,25)26)13-31-21(29)19-16(22(19,2)3)10-11-18(28)30-4/h1,6-11,16,19H,12-13H2,2-4H3/b11-10-/t16-,19-/m0/s1. The Morgan fingerprint density at radius 1 is 1.29 bits per heavy atom. The first-order valence-electron chi connectivity index (χ1n) is 9.57. The Morgan fingerprint density at radius 2 is 1.97 bits per heavy atom. The molecule has 0 saturated heterocycles. The number of nitrogens with zero attached hydrogens (tertiary/aromatic N) is 1. The molecule has 2 atom stereocenters. The molecular formula is C23H22F3NO4. The maximum atomic E-state index is 13.9. The lowest BCUT2D eigenvalue weighted by atomic mass is 10.1. The van der Waals surface area contributed by atoms with Crippen LogP contribution in [0.1, 0.15) is 25.1 Å². The molecule has 31 heavy (non-hydrogen) atoms. The molecule has 0 amide bonds. The first-order chi connectivity index (χ1) is 14.5. The van der Waals surface area contributed by atoms with Crippen molar-refractivity contribution >= 4 is 22.8 Å². The van der Waals surface area contributed by atoms with Gasteiger partial charge in [-0.25, -0.2) is 4.79 Å². The molecule has 0 radical (unpaired) electrons. The lowest BCUT2D eigenvalue weighted by Crippen LogP contribution is -2.17. The molecule has 0 aliphatic heterocycles. The maximum Gasteiger partial charge on any atom is 0.431 e. The van der Waals surface area contributed by atoms with Crippen LogP contribution in [0, 0.1) is 29.6 Å². The molecule has 1 heterocycles. The largest absolute Gasteiger partial charge is 0.466 e. The molecule has 0 bridgehead atoms. The fourth-order valence-corrected chi connectivity index (χ4v) is 4.07. The number of carbonyl (C=O) groups is 2. The maximum absolute atomic E-state index is 13.9. The average Bonchev–Trinajstić information content (AvgIpc) is 3.10. The van der Waals surface area contributed by atoms with Gasteiger partial charge in [-0.3, -0.25) is 4.79 Å². The SMILES string of the molecule is C#CCn1c(C(F)(F)F)c(COC(=O)[C@@H]2[C@H](/C=C\C(=O)OC)C2(C)C)c2ccccc21. The number of para-hydroxylation sites is 1. The highest BCUT2D eigenvalue weighted by atomic mass is 19.4. The van der Waals surface area contributed by atoms with E-state index in [4.69, 9.17) is 11.2 Å². The highest BCUT2D eigenvalue weighted by molar-refractivity contribution is 5.87. The Balaban J connectivity index is 1.88. The van der Waals surface area contributed by atoms with Gasteiger partial charge < -0.3 is 14.0 Å². The molecule has 1 aliphatic rings. The van der Waals surface area contributed by atoms with E-state index < -0.39 is 41.7 Å². The minimum atomic E-state index is -4.68. The van der Waals surface area contributed by atoms with E-state index in [-0.39, 0.29) is 18.0 Å². The van der Waals surface area contributed by atoms with Crippen molar-refractivity contribution in [1.82, 2.24) is 4.57 Å². The topological polar surface area (TPSA) is 57.5 Å². The Labute approximate surface area is 177 Å².